The van der Waals surface area contributed by atoms with Crippen molar-refractivity contribution in [3.63, 3.8) is 0 Å². The zero-order valence-corrected chi connectivity index (χ0v) is 19.3. The molecule has 0 unspecified atom stereocenters. The molecule has 9 heteroatoms. The first kappa shape index (κ1) is 23.6. The highest BCUT2D eigenvalue weighted by molar-refractivity contribution is 6.39. The molecule has 0 fully saturated rings. The van der Waals surface area contributed by atoms with E-state index in [4.69, 9.17) is 37.2 Å². The highest BCUT2D eigenvalue weighted by Gasteiger charge is 2.28. The van der Waals surface area contributed by atoms with Crippen molar-refractivity contribution in [1.29, 1.82) is 0 Å². The van der Waals surface area contributed by atoms with Crippen molar-refractivity contribution >= 4 is 41.0 Å². The Kier molecular flexibility index (Phi) is 7.77. The fourth-order valence-corrected chi connectivity index (χ4v) is 3.76. The zero-order valence-electron chi connectivity index (χ0n) is 17.8. The first-order valence-electron chi connectivity index (χ1n) is 9.84. The minimum absolute atomic E-state index is 0.0670. The quantitative estimate of drug-likeness (QED) is 0.323. The van der Waals surface area contributed by atoms with Crippen LogP contribution in [0.2, 0.25) is 10.0 Å². The van der Waals surface area contributed by atoms with Crippen molar-refractivity contribution in [3.05, 3.63) is 63.1 Å². The van der Waals surface area contributed by atoms with Crippen molar-refractivity contribution in [3.8, 4) is 17.0 Å². The molecule has 2 aromatic carbocycles. The number of para-hydroxylation sites is 1. The zero-order chi connectivity index (χ0) is 23.3. The summed E-state index contributed by atoms with van der Waals surface area (Å²) in [7, 11) is 1.21. The van der Waals surface area contributed by atoms with E-state index in [2.05, 4.69) is 10.5 Å². The van der Waals surface area contributed by atoms with Gasteiger partial charge in [-0.3, -0.25) is 10.1 Å². The van der Waals surface area contributed by atoms with Gasteiger partial charge in [-0.15, -0.1) is 0 Å². The van der Waals surface area contributed by atoms with Gasteiger partial charge in [-0.05, 0) is 43.5 Å². The first-order valence-corrected chi connectivity index (χ1v) is 10.6. The lowest BCUT2D eigenvalue weighted by Gasteiger charge is -2.11. The van der Waals surface area contributed by atoms with Crippen molar-refractivity contribution in [2.75, 3.05) is 19.0 Å². The van der Waals surface area contributed by atoms with Crippen molar-refractivity contribution in [2.45, 2.75) is 26.7 Å². The fraction of sp³-hybridized carbons (Fsp3) is 0.261. The third kappa shape index (κ3) is 5.23. The molecule has 32 heavy (non-hydrogen) atoms. The predicted octanol–water partition coefficient (Wildman–Crippen LogP) is 5.85. The Morgan fingerprint density at radius 3 is 2.31 bits per heavy atom. The molecule has 0 spiro atoms. The number of esters is 1. The molecular weight excluding hydrogens is 455 g/mol. The number of methoxy groups -OCH3 is 1. The number of hydrogen-bond acceptors (Lipinski definition) is 6. The van der Waals surface area contributed by atoms with Crippen LogP contribution >= 0.6 is 23.2 Å². The summed E-state index contributed by atoms with van der Waals surface area (Å²) in [6.07, 6.45) is 0.610. The van der Waals surface area contributed by atoms with E-state index >= 15 is 0 Å². The summed E-state index contributed by atoms with van der Waals surface area (Å²) in [5.41, 5.74) is 2.39. The van der Waals surface area contributed by atoms with Crippen LogP contribution in [0.5, 0.6) is 5.75 Å². The lowest BCUT2D eigenvalue weighted by molar-refractivity contribution is -0.116. The van der Waals surface area contributed by atoms with Crippen LogP contribution in [-0.4, -0.2) is 30.7 Å². The SMILES string of the molecule is COC(=O)c1c(-c2c(Cl)cccc2Cl)noc1NC(=O)CCCOc1c(C)cccc1C. The van der Waals surface area contributed by atoms with E-state index in [-0.39, 0.29) is 39.5 Å². The van der Waals surface area contributed by atoms with E-state index in [1.807, 2.05) is 32.0 Å². The number of amides is 1. The molecule has 0 saturated carbocycles. The summed E-state index contributed by atoms with van der Waals surface area (Å²) in [6, 6.07) is 10.8. The normalized spacial score (nSPS) is 10.7. The molecule has 0 bridgehead atoms. The summed E-state index contributed by atoms with van der Waals surface area (Å²) in [4.78, 5) is 24.8. The van der Waals surface area contributed by atoms with Crippen LogP contribution in [0, 0.1) is 13.8 Å². The van der Waals surface area contributed by atoms with Crippen molar-refractivity contribution in [2.24, 2.45) is 0 Å². The Morgan fingerprint density at radius 2 is 1.69 bits per heavy atom. The van der Waals surface area contributed by atoms with Crippen LogP contribution in [0.25, 0.3) is 11.3 Å². The molecule has 3 aromatic rings. The minimum atomic E-state index is -0.745. The maximum absolute atomic E-state index is 12.4. The van der Waals surface area contributed by atoms with Gasteiger partial charge in [0.25, 0.3) is 0 Å². The van der Waals surface area contributed by atoms with Gasteiger partial charge in [0.2, 0.25) is 11.8 Å². The van der Waals surface area contributed by atoms with Gasteiger partial charge in [-0.2, -0.15) is 0 Å². The molecule has 1 heterocycles. The summed E-state index contributed by atoms with van der Waals surface area (Å²) >= 11 is 12.5. The molecule has 0 aliphatic carbocycles. The van der Waals surface area contributed by atoms with E-state index in [9.17, 15) is 9.59 Å². The number of halogens is 2. The topological polar surface area (TPSA) is 90.7 Å². The van der Waals surface area contributed by atoms with Crippen molar-refractivity contribution < 1.29 is 23.6 Å². The number of nitrogens with zero attached hydrogens (tertiary/aromatic N) is 1. The van der Waals surface area contributed by atoms with Gasteiger partial charge >= 0.3 is 5.97 Å². The number of ether oxygens (including phenoxy) is 2. The summed E-state index contributed by atoms with van der Waals surface area (Å²) in [5, 5.41) is 7.02. The molecule has 1 aromatic heterocycles. The van der Waals surface area contributed by atoms with Gasteiger partial charge < -0.3 is 14.0 Å². The Balaban J connectivity index is 1.70. The maximum atomic E-state index is 12.4. The lowest BCUT2D eigenvalue weighted by Crippen LogP contribution is -2.15. The Labute approximate surface area is 195 Å². The monoisotopic (exact) mass is 476 g/mol. The van der Waals surface area contributed by atoms with E-state index in [1.165, 1.54) is 7.11 Å². The largest absolute Gasteiger partial charge is 0.493 e. The average Bonchev–Trinajstić information content (AvgIpc) is 3.15. The first-order chi connectivity index (χ1) is 15.3. The van der Waals surface area contributed by atoms with Crippen LogP contribution in [0.1, 0.15) is 34.3 Å². The number of benzene rings is 2. The van der Waals surface area contributed by atoms with Gasteiger partial charge in [0.15, 0.2) is 5.56 Å². The Hall–Kier alpha value is -3.03. The molecule has 1 amide bonds. The average molecular weight is 477 g/mol. The Morgan fingerprint density at radius 1 is 1.06 bits per heavy atom. The van der Waals surface area contributed by atoms with Crippen LogP contribution < -0.4 is 10.1 Å². The molecule has 1 N–H and O–H groups in total. The standard InChI is InChI=1S/C23H22Cl2N2O5/c1-13-7-4-8-14(2)21(13)31-12-6-11-17(28)26-22-19(23(29)30-3)20(27-32-22)18-15(24)9-5-10-16(18)25/h4-5,7-10H,6,11-12H2,1-3H3,(H,26,28). The van der Waals surface area contributed by atoms with Crippen LogP contribution in [0.4, 0.5) is 5.88 Å². The molecule has 3 rings (SSSR count). The number of carbonyl (C=O) groups excluding carboxylic acids is 2. The second kappa shape index (κ2) is 10.5. The van der Waals surface area contributed by atoms with E-state index in [1.54, 1.807) is 18.2 Å². The number of aromatic nitrogens is 1. The maximum Gasteiger partial charge on any atom is 0.345 e. The fourth-order valence-electron chi connectivity index (χ4n) is 3.18. The summed E-state index contributed by atoms with van der Waals surface area (Å²) in [5.74, 6) is -0.431. The third-order valence-corrected chi connectivity index (χ3v) is 5.37. The molecular formula is C23H22Cl2N2O5. The summed E-state index contributed by atoms with van der Waals surface area (Å²) in [6.45, 7) is 4.30. The minimum Gasteiger partial charge on any atom is -0.493 e. The highest BCUT2D eigenvalue weighted by Crippen LogP contribution is 2.38. The number of hydrogen-bond donors (Lipinski definition) is 1. The predicted molar refractivity (Wildman–Crippen MR) is 123 cm³/mol. The van der Waals surface area contributed by atoms with Crippen LogP contribution in [0.15, 0.2) is 40.9 Å². The van der Waals surface area contributed by atoms with Crippen molar-refractivity contribution in [1.82, 2.24) is 5.16 Å². The number of nitrogens with one attached hydrogen (secondary N) is 1. The van der Waals surface area contributed by atoms with Gasteiger partial charge in [0, 0.05) is 12.0 Å². The molecule has 0 saturated heterocycles. The molecule has 0 aliphatic rings. The third-order valence-electron chi connectivity index (χ3n) is 4.74. The molecule has 168 valence electrons. The molecule has 0 atom stereocenters. The number of rotatable bonds is 8. The van der Waals surface area contributed by atoms with E-state index < -0.39 is 5.97 Å². The molecule has 0 radical (unpaired) electrons. The number of carbonyl (C=O) groups is 2. The van der Waals surface area contributed by atoms with Gasteiger partial charge in [0.05, 0.1) is 23.8 Å². The number of aryl methyl sites for hydroxylation is 2. The molecule has 7 nitrogen and oxygen atoms in total. The second-order valence-corrected chi connectivity index (χ2v) is 7.86. The van der Waals surface area contributed by atoms with Crippen LogP contribution in [-0.2, 0) is 9.53 Å². The summed E-state index contributed by atoms with van der Waals surface area (Å²) < 4.78 is 15.9. The molecule has 0 aliphatic heterocycles. The number of anilines is 1. The van der Waals surface area contributed by atoms with Crippen LogP contribution in [0.3, 0.4) is 0 Å². The van der Waals surface area contributed by atoms with E-state index in [0.717, 1.165) is 16.9 Å². The van der Waals surface area contributed by atoms with Gasteiger partial charge in [0.1, 0.15) is 11.4 Å². The van der Waals surface area contributed by atoms with Gasteiger partial charge in [-0.1, -0.05) is 52.6 Å². The van der Waals surface area contributed by atoms with E-state index in [0.29, 0.717) is 18.6 Å². The van der Waals surface area contributed by atoms with Gasteiger partial charge in [-0.25, -0.2) is 4.79 Å². The highest BCUT2D eigenvalue weighted by atomic mass is 35.5. The lowest BCUT2D eigenvalue weighted by atomic mass is 10.1. The smallest absolute Gasteiger partial charge is 0.345 e. The Bertz CT molecular complexity index is 1100. The second-order valence-electron chi connectivity index (χ2n) is 7.04.